The van der Waals surface area contributed by atoms with Crippen LogP contribution < -0.4 is 5.32 Å². The Morgan fingerprint density at radius 1 is 1.00 bits per heavy atom. The fourth-order valence-corrected chi connectivity index (χ4v) is 4.97. The molecule has 27 heavy (non-hydrogen) atoms. The summed E-state index contributed by atoms with van der Waals surface area (Å²) >= 11 is 0. The minimum absolute atomic E-state index is 0.0346. The van der Waals surface area contributed by atoms with E-state index in [0.29, 0.717) is 12.1 Å². The number of piperidine rings is 1. The van der Waals surface area contributed by atoms with E-state index >= 15 is 0 Å². The fourth-order valence-electron chi connectivity index (χ4n) is 4.97. The molecule has 0 saturated carbocycles. The van der Waals surface area contributed by atoms with E-state index in [4.69, 9.17) is 0 Å². The maximum Gasteiger partial charge on any atom is 0.268 e. The lowest BCUT2D eigenvalue weighted by Gasteiger charge is -2.36. The first-order chi connectivity index (χ1) is 13.2. The van der Waals surface area contributed by atoms with Gasteiger partial charge in [-0.05, 0) is 56.5 Å². The molecule has 5 rings (SSSR count). The van der Waals surface area contributed by atoms with E-state index in [1.807, 2.05) is 47.0 Å². The normalized spacial score (nSPS) is 25.0. The maximum absolute atomic E-state index is 13.1. The number of carbonyl (C=O) groups is 1. The van der Waals surface area contributed by atoms with Gasteiger partial charge in [0.1, 0.15) is 5.69 Å². The van der Waals surface area contributed by atoms with Crippen LogP contribution in [0, 0.1) is 0 Å². The molecule has 1 amide bonds. The summed E-state index contributed by atoms with van der Waals surface area (Å²) in [7, 11) is 2.23. The largest absolute Gasteiger partial charge is 0.348 e. The van der Waals surface area contributed by atoms with Crippen LogP contribution in [0.4, 0.5) is 0 Å². The van der Waals surface area contributed by atoms with Gasteiger partial charge in [-0.15, -0.1) is 0 Å². The third kappa shape index (κ3) is 2.85. The van der Waals surface area contributed by atoms with E-state index in [1.54, 1.807) is 0 Å². The molecule has 4 heterocycles. The van der Waals surface area contributed by atoms with Gasteiger partial charge in [0.15, 0.2) is 0 Å². The van der Waals surface area contributed by atoms with Gasteiger partial charge in [0.2, 0.25) is 0 Å². The first-order valence-electron chi connectivity index (χ1n) is 9.89. The Labute approximate surface area is 159 Å². The molecule has 1 aromatic carbocycles. The van der Waals surface area contributed by atoms with Crippen LogP contribution in [0.15, 0.2) is 60.8 Å². The number of carbonyl (C=O) groups excluding carboxylic acids is 1. The van der Waals surface area contributed by atoms with Gasteiger partial charge < -0.3 is 14.6 Å². The van der Waals surface area contributed by atoms with E-state index in [0.717, 1.165) is 35.2 Å². The predicted molar refractivity (Wildman–Crippen MR) is 108 cm³/mol. The van der Waals surface area contributed by atoms with Gasteiger partial charge in [-0.3, -0.25) is 4.79 Å². The highest BCUT2D eigenvalue weighted by Crippen LogP contribution is 2.34. The van der Waals surface area contributed by atoms with Crippen LogP contribution >= 0.6 is 0 Å². The molecule has 2 fully saturated rings. The Balaban J connectivity index is 1.46. The Kier molecular flexibility index (Phi) is 4.01. The third-order valence-corrected chi connectivity index (χ3v) is 6.43. The van der Waals surface area contributed by atoms with Gasteiger partial charge in [-0.25, -0.2) is 0 Å². The molecule has 4 heteroatoms. The van der Waals surface area contributed by atoms with Crippen LogP contribution in [0.2, 0.25) is 0 Å². The second-order valence-corrected chi connectivity index (χ2v) is 7.96. The minimum atomic E-state index is 0.0346. The Morgan fingerprint density at radius 2 is 1.70 bits per heavy atom. The number of amides is 1. The van der Waals surface area contributed by atoms with Crippen molar-refractivity contribution in [3.8, 4) is 11.1 Å². The highest BCUT2D eigenvalue weighted by molar-refractivity contribution is 5.98. The number of hydrogen-bond acceptors (Lipinski definition) is 2. The molecule has 3 atom stereocenters. The monoisotopic (exact) mass is 359 g/mol. The molecule has 2 aliphatic rings. The fraction of sp³-hybridized carbons (Fsp3) is 0.348. The number of nitrogens with zero attached hydrogens (tertiary/aromatic N) is 2. The van der Waals surface area contributed by atoms with Crippen LogP contribution in [0.25, 0.3) is 16.6 Å². The average molecular weight is 359 g/mol. The lowest BCUT2D eigenvalue weighted by atomic mass is 9.98. The standard InChI is InChI=1S/C23H25N3O/c1-25-18-10-11-19(25)14-17(13-18)24-23(27)22-15-20(16-7-3-2-4-8-16)21-9-5-6-12-26(21)22/h2-9,12,15,17-19H,10-11,13-14H2,1H3,(H,24,27)/t17?,18-,19+. The topological polar surface area (TPSA) is 36.8 Å². The molecule has 0 radical (unpaired) electrons. The van der Waals surface area contributed by atoms with E-state index in [9.17, 15) is 4.79 Å². The third-order valence-electron chi connectivity index (χ3n) is 6.43. The number of nitrogens with one attached hydrogen (secondary N) is 1. The molecule has 2 saturated heterocycles. The quantitative estimate of drug-likeness (QED) is 0.768. The van der Waals surface area contributed by atoms with Crippen molar-refractivity contribution in [1.29, 1.82) is 0 Å². The number of fused-ring (bicyclic) bond motifs is 3. The van der Waals surface area contributed by atoms with Crippen molar-refractivity contribution in [3.63, 3.8) is 0 Å². The predicted octanol–water partition coefficient (Wildman–Crippen LogP) is 3.96. The van der Waals surface area contributed by atoms with Crippen LogP contribution in [0.1, 0.15) is 36.2 Å². The summed E-state index contributed by atoms with van der Waals surface area (Å²) in [5.41, 5.74) is 4.02. The van der Waals surface area contributed by atoms with E-state index in [1.165, 1.54) is 12.8 Å². The number of benzene rings is 1. The number of pyridine rings is 1. The summed E-state index contributed by atoms with van der Waals surface area (Å²) in [6.07, 6.45) is 6.63. The zero-order valence-electron chi connectivity index (χ0n) is 15.6. The van der Waals surface area contributed by atoms with E-state index in [-0.39, 0.29) is 11.9 Å². The molecule has 0 spiro atoms. The van der Waals surface area contributed by atoms with Gasteiger partial charge in [0.25, 0.3) is 5.91 Å². The average Bonchev–Trinajstić information content (AvgIpc) is 3.16. The summed E-state index contributed by atoms with van der Waals surface area (Å²) < 4.78 is 2.02. The highest BCUT2D eigenvalue weighted by Gasteiger charge is 2.39. The van der Waals surface area contributed by atoms with Crippen molar-refractivity contribution in [1.82, 2.24) is 14.6 Å². The van der Waals surface area contributed by atoms with Crippen molar-refractivity contribution in [2.45, 2.75) is 43.8 Å². The van der Waals surface area contributed by atoms with Crippen molar-refractivity contribution in [2.75, 3.05) is 7.05 Å². The molecule has 3 aromatic rings. The molecule has 138 valence electrons. The summed E-state index contributed by atoms with van der Waals surface area (Å²) in [5.74, 6) is 0.0346. The lowest BCUT2D eigenvalue weighted by molar-refractivity contribution is 0.0877. The van der Waals surface area contributed by atoms with E-state index < -0.39 is 0 Å². The molecule has 2 aliphatic heterocycles. The molecule has 0 aliphatic carbocycles. The van der Waals surface area contributed by atoms with Crippen molar-refractivity contribution < 1.29 is 4.79 Å². The van der Waals surface area contributed by atoms with E-state index in [2.05, 4.69) is 35.5 Å². The zero-order valence-corrected chi connectivity index (χ0v) is 15.6. The van der Waals surface area contributed by atoms with Crippen molar-refractivity contribution in [3.05, 3.63) is 66.5 Å². The van der Waals surface area contributed by atoms with Gasteiger partial charge in [0.05, 0.1) is 5.52 Å². The molecular formula is C23H25N3O. The minimum Gasteiger partial charge on any atom is -0.348 e. The molecule has 4 nitrogen and oxygen atoms in total. The lowest BCUT2D eigenvalue weighted by Crippen LogP contribution is -2.48. The van der Waals surface area contributed by atoms with Crippen molar-refractivity contribution in [2.24, 2.45) is 0 Å². The summed E-state index contributed by atoms with van der Waals surface area (Å²) in [4.78, 5) is 15.6. The SMILES string of the molecule is CN1[C@@H]2CC[C@H]1CC(NC(=O)c1cc(-c3ccccc3)c3ccccn13)C2. The van der Waals surface area contributed by atoms with Gasteiger partial charge >= 0.3 is 0 Å². The molecule has 1 N–H and O–H groups in total. The van der Waals surface area contributed by atoms with Crippen LogP contribution in [-0.2, 0) is 0 Å². The maximum atomic E-state index is 13.1. The summed E-state index contributed by atoms with van der Waals surface area (Å²) in [6.45, 7) is 0. The number of aromatic nitrogens is 1. The molecule has 2 bridgehead atoms. The van der Waals surface area contributed by atoms with Crippen LogP contribution in [0.5, 0.6) is 0 Å². The van der Waals surface area contributed by atoms with Crippen molar-refractivity contribution >= 4 is 11.4 Å². The highest BCUT2D eigenvalue weighted by atomic mass is 16.2. The number of hydrogen-bond donors (Lipinski definition) is 1. The summed E-state index contributed by atoms with van der Waals surface area (Å²) in [5, 5.41) is 3.33. The molecular weight excluding hydrogens is 334 g/mol. The number of rotatable bonds is 3. The first kappa shape index (κ1) is 16.6. The smallest absolute Gasteiger partial charge is 0.268 e. The van der Waals surface area contributed by atoms with Gasteiger partial charge in [0, 0.05) is 29.9 Å². The van der Waals surface area contributed by atoms with Crippen LogP contribution in [0.3, 0.4) is 0 Å². The zero-order chi connectivity index (χ0) is 18.4. The Hall–Kier alpha value is -2.59. The van der Waals surface area contributed by atoms with Gasteiger partial charge in [-0.2, -0.15) is 0 Å². The molecule has 1 unspecified atom stereocenters. The second-order valence-electron chi connectivity index (χ2n) is 7.96. The summed E-state index contributed by atoms with van der Waals surface area (Å²) in [6, 6.07) is 19.9. The molecule has 2 aromatic heterocycles. The van der Waals surface area contributed by atoms with Gasteiger partial charge in [-0.1, -0.05) is 36.4 Å². The Morgan fingerprint density at radius 3 is 2.44 bits per heavy atom. The first-order valence-corrected chi connectivity index (χ1v) is 9.89. The van der Waals surface area contributed by atoms with Crippen LogP contribution in [-0.4, -0.2) is 40.4 Å². The Bertz CT molecular complexity index is 964. The second kappa shape index (κ2) is 6.54.